The van der Waals surface area contributed by atoms with Crippen LogP contribution in [0.5, 0.6) is 0 Å². The predicted octanol–water partition coefficient (Wildman–Crippen LogP) is 2.17. The number of likely N-dealkylation sites (tertiary alicyclic amines) is 1. The maximum absolute atomic E-state index is 12.8. The van der Waals surface area contributed by atoms with E-state index in [0.717, 1.165) is 24.8 Å². The summed E-state index contributed by atoms with van der Waals surface area (Å²) in [6, 6.07) is 7.33. The highest BCUT2D eigenvalue weighted by Crippen LogP contribution is 2.22. The molecule has 0 unspecified atom stereocenters. The van der Waals surface area contributed by atoms with Crippen LogP contribution in [0.3, 0.4) is 0 Å². The molecule has 0 atom stereocenters. The van der Waals surface area contributed by atoms with E-state index in [1.807, 2.05) is 32.2 Å². The van der Waals surface area contributed by atoms with Crippen LogP contribution in [0.25, 0.3) is 11.0 Å². The first-order chi connectivity index (χ1) is 11.1. The third kappa shape index (κ3) is 3.01. The average Bonchev–Trinajstić information content (AvgIpc) is 2.56. The van der Waals surface area contributed by atoms with Gasteiger partial charge in [-0.3, -0.25) is 4.79 Å². The van der Waals surface area contributed by atoms with Crippen molar-refractivity contribution in [2.75, 3.05) is 26.7 Å². The molecule has 1 aliphatic rings. The molecule has 0 saturated carbocycles. The zero-order valence-corrected chi connectivity index (χ0v) is 13.6. The summed E-state index contributed by atoms with van der Waals surface area (Å²) >= 11 is 0. The normalized spacial score (nSPS) is 16.0. The number of piperidine rings is 1. The summed E-state index contributed by atoms with van der Waals surface area (Å²) in [4.78, 5) is 26.9. The Morgan fingerprint density at radius 2 is 2.00 bits per heavy atom. The lowest BCUT2D eigenvalue weighted by Gasteiger charge is -2.32. The zero-order chi connectivity index (χ0) is 16.4. The van der Waals surface area contributed by atoms with Crippen molar-refractivity contribution in [1.29, 1.82) is 0 Å². The first-order valence-corrected chi connectivity index (χ1v) is 8.08. The van der Waals surface area contributed by atoms with Crippen molar-refractivity contribution in [1.82, 2.24) is 10.2 Å². The van der Waals surface area contributed by atoms with Gasteiger partial charge in [-0.2, -0.15) is 0 Å². The van der Waals surface area contributed by atoms with Gasteiger partial charge in [-0.25, -0.2) is 4.79 Å². The second kappa shape index (κ2) is 6.54. The topological polar surface area (TPSA) is 62.6 Å². The number of nitrogens with one attached hydrogen (secondary N) is 1. The van der Waals surface area contributed by atoms with E-state index in [1.54, 1.807) is 11.0 Å². The van der Waals surface area contributed by atoms with Gasteiger partial charge >= 0.3 is 5.63 Å². The smallest absolute Gasteiger partial charge is 0.349 e. The van der Waals surface area contributed by atoms with Gasteiger partial charge < -0.3 is 14.6 Å². The molecule has 1 aliphatic heterocycles. The number of amides is 1. The SMILES string of the molecule is CNCC1CCN(C(=O)c2c(C)c3ccccc3oc2=O)CC1. The third-order valence-corrected chi connectivity index (χ3v) is 4.68. The van der Waals surface area contributed by atoms with E-state index in [9.17, 15) is 9.59 Å². The predicted molar refractivity (Wildman–Crippen MR) is 89.8 cm³/mol. The summed E-state index contributed by atoms with van der Waals surface area (Å²) in [6.45, 7) is 4.17. The summed E-state index contributed by atoms with van der Waals surface area (Å²) in [6.07, 6.45) is 1.93. The van der Waals surface area contributed by atoms with Crippen LogP contribution in [0.15, 0.2) is 33.5 Å². The van der Waals surface area contributed by atoms with Gasteiger partial charge in [0, 0.05) is 18.5 Å². The van der Waals surface area contributed by atoms with Crippen LogP contribution in [-0.4, -0.2) is 37.5 Å². The Kier molecular flexibility index (Phi) is 4.48. The summed E-state index contributed by atoms with van der Waals surface area (Å²) in [5.74, 6) is 0.392. The quantitative estimate of drug-likeness (QED) is 0.882. The van der Waals surface area contributed by atoms with Crippen molar-refractivity contribution in [2.24, 2.45) is 5.92 Å². The standard InChI is InChI=1S/C18H22N2O3/c1-12-14-5-3-4-6-15(14)23-18(22)16(12)17(21)20-9-7-13(8-10-20)11-19-2/h3-6,13,19H,7-11H2,1-2H3. The molecule has 0 aliphatic carbocycles. The van der Waals surface area contributed by atoms with Crippen molar-refractivity contribution in [3.05, 3.63) is 45.8 Å². The van der Waals surface area contributed by atoms with Crippen LogP contribution in [-0.2, 0) is 0 Å². The highest BCUT2D eigenvalue weighted by molar-refractivity contribution is 5.99. The molecule has 0 spiro atoms. The zero-order valence-electron chi connectivity index (χ0n) is 13.6. The number of nitrogens with zero attached hydrogens (tertiary/aromatic N) is 1. The molecule has 1 aromatic carbocycles. The summed E-state index contributed by atoms with van der Waals surface area (Å²) in [5, 5.41) is 4.00. The largest absolute Gasteiger partial charge is 0.422 e. The van der Waals surface area contributed by atoms with Crippen LogP contribution in [0, 0.1) is 12.8 Å². The minimum absolute atomic E-state index is 0.177. The van der Waals surface area contributed by atoms with Crippen LogP contribution in [0.4, 0.5) is 0 Å². The Balaban J connectivity index is 1.89. The van der Waals surface area contributed by atoms with Gasteiger partial charge in [-0.1, -0.05) is 18.2 Å². The first kappa shape index (κ1) is 15.7. The average molecular weight is 314 g/mol. The molecule has 1 aromatic heterocycles. The van der Waals surface area contributed by atoms with Gasteiger partial charge in [0.15, 0.2) is 0 Å². The molecule has 3 rings (SSSR count). The number of fused-ring (bicyclic) bond motifs is 1. The number of para-hydroxylation sites is 1. The molecular weight excluding hydrogens is 292 g/mol. The van der Waals surface area contributed by atoms with Gasteiger partial charge in [0.25, 0.3) is 5.91 Å². The molecule has 122 valence electrons. The van der Waals surface area contributed by atoms with Crippen LogP contribution < -0.4 is 10.9 Å². The number of carbonyl (C=O) groups excluding carboxylic acids is 1. The third-order valence-electron chi connectivity index (χ3n) is 4.68. The van der Waals surface area contributed by atoms with Gasteiger partial charge in [0.1, 0.15) is 11.1 Å². The van der Waals surface area contributed by atoms with Crippen molar-refractivity contribution >= 4 is 16.9 Å². The number of rotatable bonds is 3. The number of benzene rings is 1. The van der Waals surface area contributed by atoms with Crippen molar-refractivity contribution < 1.29 is 9.21 Å². The van der Waals surface area contributed by atoms with Crippen LogP contribution >= 0.6 is 0 Å². The molecule has 5 heteroatoms. The lowest BCUT2D eigenvalue weighted by Crippen LogP contribution is -2.42. The molecule has 0 bridgehead atoms. The molecule has 2 aromatic rings. The lowest BCUT2D eigenvalue weighted by atomic mass is 9.96. The molecular formula is C18H22N2O3. The molecule has 5 nitrogen and oxygen atoms in total. The second-order valence-electron chi connectivity index (χ2n) is 6.18. The van der Waals surface area contributed by atoms with Gasteiger partial charge in [0.05, 0.1) is 0 Å². The van der Waals surface area contributed by atoms with Crippen molar-refractivity contribution in [3.63, 3.8) is 0 Å². The summed E-state index contributed by atoms with van der Waals surface area (Å²) < 4.78 is 5.33. The Morgan fingerprint density at radius 1 is 1.30 bits per heavy atom. The Labute approximate surface area is 135 Å². The fourth-order valence-electron chi connectivity index (χ4n) is 3.34. The van der Waals surface area contributed by atoms with E-state index in [2.05, 4.69) is 5.32 Å². The molecule has 1 fully saturated rings. The summed E-state index contributed by atoms with van der Waals surface area (Å²) in [5.41, 5.74) is 0.873. The van der Waals surface area contributed by atoms with E-state index in [1.165, 1.54) is 0 Å². The van der Waals surface area contributed by atoms with E-state index < -0.39 is 5.63 Å². The molecule has 1 saturated heterocycles. The minimum Gasteiger partial charge on any atom is -0.422 e. The van der Waals surface area contributed by atoms with Crippen LogP contribution in [0.1, 0.15) is 28.8 Å². The number of hydrogen-bond donors (Lipinski definition) is 1. The van der Waals surface area contributed by atoms with E-state index in [0.29, 0.717) is 30.2 Å². The van der Waals surface area contributed by atoms with Crippen molar-refractivity contribution in [2.45, 2.75) is 19.8 Å². The van der Waals surface area contributed by atoms with Gasteiger partial charge in [-0.05, 0) is 50.9 Å². The lowest BCUT2D eigenvalue weighted by molar-refractivity contribution is 0.0686. The minimum atomic E-state index is -0.538. The second-order valence-corrected chi connectivity index (χ2v) is 6.18. The Hall–Kier alpha value is -2.14. The highest BCUT2D eigenvalue weighted by Gasteiger charge is 2.27. The summed E-state index contributed by atoms with van der Waals surface area (Å²) in [7, 11) is 1.95. The monoisotopic (exact) mass is 314 g/mol. The maximum Gasteiger partial charge on any atom is 0.349 e. The van der Waals surface area contributed by atoms with Gasteiger partial charge in [-0.15, -0.1) is 0 Å². The molecule has 1 amide bonds. The molecule has 0 radical (unpaired) electrons. The van der Waals surface area contributed by atoms with Crippen molar-refractivity contribution in [3.8, 4) is 0 Å². The van der Waals surface area contributed by atoms with E-state index >= 15 is 0 Å². The Morgan fingerprint density at radius 3 is 2.70 bits per heavy atom. The molecule has 2 heterocycles. The fourth-order valence-corrected chi connectivity index (χ4v) is 3.34. The van der Waals surface area contributed by atoms with Crippen LogP contribution in [0.2, 0.25) is 0 Å². The molecule has 1 N–H and O–H groups in total. The number of hydrogen-bond acceptors (Lipinski definition) is 4. The maximum atomic E-state index is 12.8. The number of aryl methyl sites for hydroxylation is 1. The molecule has 23 heavy (non-hydrogen) atoms. The fraction of sp³-hybridized carbons (Fsp3) is 0.444. The highest BCUT2D eigenvalue weighted by atomic mass is 16.4. The number of carbonyl (C=O) groups is 1. The van der Waals surface area contributed by atoms with E-state index in [-0.39, 0.29) is 11.5 Å². The Bertz CT molecular complexity index is 773. The van der Waals surface area contributed by atoms with Gasteiger partial charge in [0.2, 0.25) is 0 Å². The van der Waals surface area contributed by atoms with E-state index in [4.69, 9.17) is 4.42 Å². The first-order valence-electron chi connectivity index (χ1n) is 8.08.